The fraction of sp³-hybridized carbons (Fsp3) is 0.250. The number of halogens is 1. The molecule has 0 atom stereocenters. The largest absolute Gasteiger partial charge is 1.00 e. The van der Waals surface area contributed by atoms with Crippen LogP contribution < -0.4 is 45.2 Å². The number of methoxy groups -OCH3 is 4. The number of ether oxygens (including phenoxy) is 5. The summed E-state index contributed by atoms with van der Waals surface area (Å²) in [6, 6.07) is 18.3. The van der Waals surface area contributed by atoms with Gasteiger partial charge in [0, 0.05) is 12.5 Å². The fourth-order valence-electron chi connectivity index (χ4n) is 4.56. The van der Waals surface area contributed by atoms with Gasteiger partial charge in [-0.15, -0.1) is 0 Å². The Balaban J connectivity index is 0.00000289. The van der Waals surface area contributed by atoms with E-state index in [1.165, 1.54) is 5.56 Å². The highest BCUT2D eigenvalue weighted by Crippen LogP contribution is 2.40. The molecular formula is C28H28BrNO5. The van der Waals surface area contributed by atoms with Gasteiger partial charge in [-0.05, 0) is 52.9 Å². The Morgan fingerprint density at radius 1 is 0.800 bits per heavy atom. The van der Waals surface area contributed by atoms with E-state index in [9.17, 15) is 0 Å². The van der Waals surface area contributed by atoms with Crippen LogP contribution in [0.2, 0.25) is 0 Å². The molecule has 4 aromatic rings. The molecule has 0 amide bonds. The molecule has 5 rings (SSSR count). The summed E-state index contributed by atoms with van der Waals surface area (Å²) < 4.78 is 30.7. The van der Waals surface area contributed by atoms with Gasteiger partial charge in [0.05, 0.1) is 39.4 Å². The third-order valence-corrected chi connectivity index (χ3v) is 6.32. The van der Waals surface area contributed by atoms with Crippen molar-refractivity contribution in [2.24, 2.45) is 0 Å². The first-order valence-electron chi connectivity index (χ1n) is 11.2. The van der Waals surface area contributed by atoms with E-state index in [1.807, 2.05) is 30.3 Å². The zero-order valence-electron chi connectivity index (χ0n) is 20.3. The van der Waals surface area contributed by atoms with Crippen LogP contribution in [0.15, 0.2) is 60.8 Å². The highest BCUT2D eigenvalue weighted by atomic mass is 79.9. The highest BCUT2D eigenvalue weighted by molar-refractivity contribution is 5.91. The van der Waals surface area contributed by atoms with Gasteiger partial charge in [0.1, 0.15) is 12.4 Å². The summed E-state index contributed by atoms with van der Waals surface area (Å²) in [5.74, 6) is 3.73. The second-order valence-corrected chi connectivity index (χ2v) is 8.21. The summed E-state index contributed by atoms with van der Waals surface area (Å²) in [5, 5.41) is 2.09. The lowest BCUT2D eigenvalue weighted by atomic mass is 9.95. The predicted octanol–water partition coefficient (Wildman–Crippen LogP) is 1.97. The van der Waals surface area contributed by atoms with Gasteiger partial charge in [-0.2, -0.15) is 4.57 Å². The molecule has 0 N–H and O–H groups in total. The molecule has 0 unspecified atom stereocenters. The van der Waals surface area contributed by atoms with Crippen molar-refractivity contribution in [3.8, 4) is 40.0 Å². The molecule has 182 valence electrons. The number of fused-ring (bicyclic) bond motifs is 4. The van der Waals surface area contributed by atoms with Crippen molar-refractivity contribution in [2.75, 3.05) is 28.4 Å². The van der Waals surface area contributed by atoms with Crippen molar-refractivity contribution in [1.29, 1.82) is 0 Å². The molecule has 1 aromatic heterocycles. The fourth-order valence-corrected chi connectivity index (χ4v) is 4.56. The molecule has 7 heteroatoms. The molecule has 0 saturated heterocycles. The van der Waals surface area contributed by atoms with Crippen molar-refractivity contribution in [3.63, 3.8) is 0 Å². The summed E-state index contributed by atoms with van der Waals surface area (Å²) in [7, 11) is 6.67. The second kappa shape index (κ2) is 10.4. The van der Waals surface area contributed by atoms with E-state index in [1.54, 1.807) is 28.4 Å². The Morgan fingerprint density at radius 3 is 2.31 bits per heavy atom. The van der Waals surface area contributed by atoms with Crippen LogP contribution in [-0.4, -0.2) is 28.4 Å². The third-order valence-electron chi connectivity index (χ3n) is 6.32. The zero-order valence-corrected chi connectivity index (χ0v) is 21.8. The lowest BCUT2D eigenvalue weighted by Gasteiger charge is -2.19. The number of nitrogens with zero attached hydrogens (tertiary/aromatic N) is 1. The van der Waals surface area contributed by atoms with Gasteiger partial charge in [0.15, 0.2) is 35.7 Å². The lowest BCUT2D eigenvalue weighted by molar-refractivity contribution is -0.686. The number of hydrogen-bond donors (Lipinski definition) is 0. The molecule has 6 nitrogen and oxygen atoms in total. The van der Waals surface area contributed by atoms with Crippen LogP contribution in [0.5, 0.6) is 28.7 Å². The molecule has 35 heavy (non-hydrogen) atoms. The van der Waals surface area contributed by atoms with Gasteiger partial charge in [0.2, 0.25) is 5.69 Å². The van der Waals surface area contributed by atoms with Gasteiger partial charge in [-0.25, -0.2) is 0 Å². The minimum absolute atomic E-state index is 0. The Hall–Kier alpha value is -3.45. The molecule has 0 saturated carbocycles. The molecule has 3 aromatic carbocycles. The quantitative estimate of drug-likeness (QED) is 0.337. The number of pyridine rings is 1. The first-order valence-corrected chi connectivity index (χ1v) is 11.2. The van der Waals surface area contributed by atoms with Crippen molar-refractivity contribution in [3.05, 3.63) is 71.9 Å². The summed E-state index contributed by atoms with van der Waals surface area (Å²) >= 11 is 0. The van der Waals surface area contributed by atoms with Crippen LogP contribution in [0.3, 0.4) is 0 Å². The lowest BCUT2D eigenvalue weighted by Crippen LogP contribution is -3.00. The summed E-state index contributed by atoms with van der Waals surface area (Å²) in [5.41, 5.74) is 4.57. The maximum absolute atomic E-state index is 6.32. The van der Waals surface area contributed by atoms with E-state index in [-0.39, 0.29) is 17.0 Å². The van der Waals surface area contributed by atoms with Gasteiger partial charge in [0.25, 0.3) is 0 Å². The van der Waals surface area contributed by atoms with Crippen LogP contribution in [0, 0.1) is 0 Å². The second-order valence-electron chi connectivity index (χ2n) is 8.21. The standard InChI is InChI=1S/C28H28NO5.BrH/c1-30-21-7-5-6-18(12-21)17-34-28-23-16-29-11-10-20-14-26(32-3)27(33-4)15-22(20)24(29)13-19(23)8-9-25(28)31-2;/h5-9,12-16H,10-11,17H2,1-4H3;1H/q+1;/p-1. The summed E-state index contributed by atoms with van der Waals surface area (Å²) in [4.78, 5) is 0. The Kier molecular flexibility index (Phi) is 7.36. The molecule has 0 aliphatic carbocycles. The molecule has 0 spiro atoms. The van der Waals surface area contributed by atoms with Crippen LogP contribution >= 0.6 is 0 Å². The summed E-state index contributed by atoms with van der Waals surface area (Å²) in [6.45, 7) is 1.27. The van der Waals surface area contributed by atoms with E-state index >= 15 is 0 Å². The van der Waals surface area contributed by atoms with Gasteiger partial charge >= 0.3 is 0 Å². The van der Waals surface area contributed by atoms with Crippen LogP contribution in [-0.2, 0) is 19.6 Å². The normalized spacial score (nSPS) is 11.7. The van der Waals surface area contributed by atoms with E-state index < -0.39 is 0 Å². The smallest absolute Gasteiger partial charge is 0.213 e. The predicted molar refractivity (Wildman–Crippen MR) is 130 cm³/mol. The molecule has 1 aliphatic heterocycles. The number of hydrogen-bond acceptors (Lipinski definition) is 5. The monoisotopic (exact) mass is 537 g/mol. The van der Waals surface area contributed by atoms with Crippen LogP contribution in [0.25, 0.3) is 22.0 Å². The van der Waals surface area contributed by atoms with Crippen molar-refractivity contribution in [1.82, 2.24) is 0 Å². The first-order chi connectivity index (χ1) is 16.6. The summed E-state index contributed by atoms with van der Waals surface area (Å²) in [6.07, 6.45) is 3.07. The van der Waals surface area contributed by atoms with E-state index in [0.29, 0.717) is 12.4 Å². The van der Waals surface area contributed by atoms with Crippen molar-refractivity contribution in [2.45, 2.75) is 19.6 Å². The first kappa shape index (κ1) is 24.7. The Bertz CT molecular complexity index is 1370. The van der Waals surface area contributed by atoms with E-state index in [4.69, 9.17) is 23.7 Å². The molecule has 2 heterocycles. The zero-order chi connectivity index (χ0) is 23.7. The number of aromatic nitrogens is 1. The van der Waals surface area contributed by atoms with E-state index in [2.05, 4.69) is 35.0 Å². The van der Waals surface area contributed by atoms with Crippen molar-refractivity contribution >= 4 is 10.8 Å². The van der Waals surface area contributed by atoms with Gasteiger partial charge in [-0.3, -0.25) is 0 Å². The molecular weight excluding hydrogens is 510 g/mol. The van der Waals surface area contributed by atoms with Gasteiger partial charge in [-0.1, -0.05) is 12.1 Å². The third kappa shape index (κ3) is 4.60. The Morgan fingerprint density at radius 2 is 1.57 bits per heavy atom. The molecule has 0 bridgehead atoms. The molecule has 0 fully saturated rings. The topological polar surface area (TPSA) is 50.0 Å². The molecule has 1 aliphatic rings. The highest BCUT2D eigenvalue weighted by Gasteiger charge is 2.27. The van der Waals surface area contributed by atoms with E-state index in [0.717, 1.165) is 63.6 Å². The minimum Gasteiger partial charge on any atom is -1.00 e. The number of benzene rings is 3. The maximum atomic E-state index is 6.32. The van der Waals surface area contributed by atoms with Crippen molar-refractivity contribution < 1.29 is 45.2 Å². The SMILES string of the molecule is COc1cccc(COc2c(OC)ccc3cc4[n+](cc23)CCc2cc(OC)c(OC)cc2-4)c1.[Br-]. The number of aryl methyl sites for hydroxylation is 2. The average Bonchev–Trinajstić information content (AvgIpc) is 2.89. The average molecular weight is 538 g/mol. The maximum Gasteiger partial charge on any atom is 0.213 e. The van der Waals surface area contributed by atoms with Crippen LogP contribution in [0.1, 0.15) is 11.1 Å². The number of rotatable bonds is 7. The minimum atomic E-state index is 0. The Labute approximate surface area is 215 Å². The van der Waals surface area contributed by atoms with Gasteiger partial charge < -0.3 is 40.7 Å². The van der Waals surface area contributed by atoms with Crippen LogP contribution in [0.4, 0.5) is 0 Å². The molecule has 0 radical (unpaired) electrons.